The fraction of sp³-hybridized carbons (Fsp3) is 0.741. The first-order valence-electron chi connectivity index (χ1n) is 27.8. The molecule has 0 unspecified atom stereocenters. The third kappa shape index (κ3) is 18.5. The topological polar surface area (TPSA) is 309 Å². The molecule has 21 heteroatoms. The van der Waals surface area contributed by atoms with Gasteiger partial charge in [-0.3, -0.25) is 24.0 Å². The van der Waals surface area contributed by atoms with Crippen molar-refractivity contribution in [2.24, 2.45) is 35.5 Å². The van der Waals surface area contributed by atoms with E-state index in [1.54, 1.807) is 40.9 Å². The number of hydrogen-bond acceptors (Lipinski definition) is 20. The van der Waals surface area contributed by atoms with Crippen LogP contribution in [0.5, 0.6) is 0 Å². The second-order valence-electron chi connectivity index (χ2n) is 22.4. The van der Waals surface area contributed by atoms with E-state index in [-0.39, 0.29) is 55.6 Å². The Kier molecular flexibility index (Phi) is 26.8. The first-order chi connectivity index (χ1) is 37.3. The van der Waals surface area contributed by atoms with Crippen molar-refractivity contribution in [3.8, 4) is 0 Å². The maximum absolute atomic E-state index is 14.6. The number of piperidine rings is 1. The Hall–Kier alpha value is -4.55. The number of carbonyl (C=O) groups is 7. The van der Waals surface area contributed by atoms with Crippen molar-refractivity contribution in [3.05, 3.63) is 47.6 Å². The fourth-order valence-corrected chi connectivity index (χ4v) is 11.1. The molecule has 3 heterocycles. The highest BCUT2D eigenvalue weighted by Crippen LogP contribution is 2.38. The molecule has 0 aromatic rings. The van der Waals surface area contributed by atoms with Gasteiger partial charge in [-0.25, -0.2) is 9.59 Å². The number of ether oxygens (including phenoxy) is 7. The minimum Gasteiger partial charge on any atom is -0.460 e. The van der Waals surface area contributed by atoms with Gasteiger partial charge in [-0.2, -0.15) is 0 Å². The van der Waals surface area contributed by atoms with Gasteiger partial charge >= 0.3 is 12.1 Å². The van der Waals surface area contributed by atoms with E-state index in [0.29, 0.717) is 56.9 Å². The van der Waals surface area contributed by atoms with Gasteiger partial charge in [-0.15, -0.1) is 0 Å². The summed E-state index contributed by atoms with van der Waals surface area (Å²) >= 11 is 0. The second kappa shape index (κ2) is 31.6. The average Bonchev–Trinajstić information content (AvgIpc) is 3.45. The number of cyclic esters (lactones) is 1. The van der Waals surface area contributed by atoms with Crippen LogP contribution in [0, 0.1) is 35.5 Å². The zero-order valence-electron chi connectivity index (χ0n) is 47.7. The molecule has 1 amide bonds. The largest absolute Gasteiger partial charge is 0.508 e. The van der Waals surface area contributed by atoms with Crippen LogP contribution in [0.3, 0.4) is 0 Å². The van der Waals surface area contributed by atoms with Gasteiger partial charge in [0.25, 0.3) is 11.7 Å². The van der Waals surface area contributed by atoms with E-state index in [1.165, 1.54) is 14.2 Å². The molecule has 21 nitrogen and oxygen atoms in total. The summed E-state index contributed by atoms with van der Waals surface area (Å²) in [5.41, 5.74) is 1.16. The lowest BCUT2D eigenvalue weighted by Crippen LogP contribution is -2.61. The summed E-state index contributed by atoms with van der Waals surface area (Å²) in [5, 5.41) is 62.5. The highest BCUT2D eigenvalue weighted by atomic mass is 16.7. The minimum atomic E-state index is -2.50. The quantitative estimate of drug-likeness (QED) is 0.0863. The van der Waals surface area contributed by atoms with Crippen molar-refractivity contribution in [2.75, 3.05) is 41.1 Å². The summed E-state index contributed by atoms with van der Waals surface area (Å²) in [4.78, 5) is 96.8. The Morgan fingerprint density at radius 1 is 0.848 bits per heavy atom. The van der Waals surface area contributed by atoms with E-state index in [0.717, 1.165) is 10.5 Å². The van der Waals surface area contributed by atoms with Crippen LogP contribution in [-0.4, -0.2) is 191 Å². The molecule has 3 aliphatic heterocycles. The van der Waals surface area contributed by atoms with E-state index in [4.69, 9.17) is 38.3 Å². The molecule has 0 aromatic heterocycles. The molecular formula is C58H89NO20. The van der Waals surface area contributed by atoms with Crippen LogP contribution < -0.4 is 0 Å². The number of fused-ring (bicyclic) bond motifs is 3. The number of aliphatic hydroxyl groups is 6. The molecule has 0 aromatic carbocycles. The molecule has 3 fully saturated rings. The molecule has 1 aliphatic carbocycles. The zero-order valence-corrected chi connectivity index (χ0v) is 47.7. The SMILES string of the molecule is CO[C@H]1C[C@@H]2CC[C@@H](C)[C@@](O)(O2)C(=O)C(=O)N2CCCC[C@H]2C(=O)O[C@H]([C@H](C)C[C@@H]2CC[C@@H](OC(=O)OC[C@@H](O)[C@@H](O)[C@H](O)C(=O)CO)[C@H](OC)C2)CC(=O)[C@H](C)/C=C(\C)[C@@H](O)[C@@H](OC)C(=O)[C@H](C)C[C@H](C)/C=C/C=C/C=C/1C. The Balaban J connectivity index is 1.63. The number of nitrogens with zero attached hydrogens (tertiary/aromatic N) is 1. The third-order valence-electron chi connectivity index (χ3n) is 16.3. The molecule has 2 saturated heterocycles. The summed E-state index contributed by atoms with van der Waals surface area (Å²) in [5.74, 6) is -10.3. The van der Waals surface area contributed by atoms with Gasteiger partial charge in [0.2, 0.25) is 5.79 Å². The number of methoxy groups -OCH3 is 3. The Bertz CT molecular complexity index is 2190. The summed E-state index contributed by atoms with van der Waals surface area (Å²) in [7, 11) is 4.31. The first kappa shape index (κ1) is 67.0. The molecule has 79 heavy (non-hydrogen) atoms. The molecule has 0 radical (unpaired) electrons. The standard InChI is InChI=1S/C58H89NO20/c1-32-16-12-11-13-17-33(2)46(73-8)28-40-21-19-38(7)58(72,79-40)54(68)55(69)59-23-15-14-18-41(59)56(70)77-47(29-42(61)34(3)25-37(6)50(65)53(75-10)49(64)36(5)24-32)35(4)26-39-20-22-45(48(27-39)74-9)78-57(71)76-31-44(63)52(67)51(66)43(62)30-60/h11-13,16-17,25,32,34-36,38-41,44-48,50-53,60,63,65-67,72H,14-15,18-24,26-31H2,1-10H3/b13-11+,16-12+,33-17+,37-25+/t32-,34-,35-,36-,38-,39+,40+,41+,44-,45-,46+,47+,48-,50-,51-,52-,53+,58-/m1/s1. The van der Waals surface area contributed by atoms with E-state index in [9.17, 15) is 59.1 Å². The first-order valence-corrected chi connectivity index (χ1v) is 27.8. The monoisotopic (exact) mass is 1120 g/mol. The van der Waals surface area contributed by atoms with Crippen molar-refractivity contribution in [2.45, 2.75) is 198 Å². The van der Waals surface area contributed by atoms with Gasteiger partial charge in [0.1, 0.15) is 67.8 Å². The Morgan fingerprint density at radius 3 is 2.22 bits per heavy atom. The molecular weight excluding hydrogens is 1030 g/mol. The fourth-order valence-electron chi connectivity index (χ4n) is 11.1. The van der Waals surface area contributed by atoms with Crippen molar-refractivity contribution in [1.29, 1.82) is 0 Å². The number of Topliss-reactive ketones (excluding diaryl/α,β-unsaturated/α-hetero) is 4. The van der Waals surface area contributed by atoms with Crippen molar-refractivity contribution >= 4 is 41.2 Å². The maximum atomic E-state index is 14.6. The minimum absolute atomic E-state index is 0.0104. The number of ketones is 4. The molecule has 6 N–H and O–H groups in total. The summed E-state index contributed by atoms with van der Waals surface area (Å²) < 4.78 is 40.0. The van der Waals surface area contributed by atoms with Gasteiger partial charge < -0.3 is 68.7 Å². The number of aliphatic hydroxyl groups excluding tert-OH is 5. The number of allylic oxidation sites excluding steroid dienone is 6. The van der Waals surface area contributed by atoms with Gasteiger partial charge in [0.05, 0.1) is 18.3 Å². The van der Waals surface area contributed by atoms with Crippen molar-refractivity contribution < 1.29 is 97.4 Å². The van der Waals surface area contributed by atoms with Crippen LogP contribution in [0.1, 0.15) is 126 Å². The molecule has 4 aliphatic rings. The average molecular weight is 1120 g/mol. The maximum Gasteiger partial charge on any atom is 0.508 e. The lowest BCUT2D eigenvalue weighted by molar-refractivity contribution is -0.265. The van der Waals surface area contributed by atoms with Gasteiger partial charge in [-0.05, 0) is 107 Å². The number of hydrogen-bond donors (Lipinski definition) is 6. The van der Waals surface area contributed by atoms with Gasteiger partial charge in [0, 0.05) is 58.5 Å². The summed E-state index contributed by atoms with van der Waals surface area (Å²) in [6.45, 7) is 10.4. The van der Waals surface area contributed by atoms with E-state index in [1.807, 2.05) is 51.2 Å². The normalized spacial score (nSPS) is 36.4. The van der Waals surface area contributed by atoms with Crippen LogP contribution in [0.4, 0.5) is 4.79 Å². The van der Waals surface area contributed by atoms with Crippen LogP contribution >= 0.6 is 0 Å². The molecule has 2 bridgehead atoms. The van der Waals surface area contributed by atoms with Crippen LogP contribution in [0.15, 0.2) is 47.6 Å². The predicted molar refractivity (Wildman–Crippen MR) is 285 cm³/mol. The Morgan fingerprint density at radius 2 is 1.56 bits per heavy atom. The molecule has 446 valence electrons. The van der Waals surface area contributed by atoms with E-state index >= 15 is 0 Å². The number of carbonyl (C=O) groups excluding carboxylic acids is 7. The molecule has 4 rings (SSSR count). The number of amides is 1. The van der Waals surface area contributed by atoms with E-state index < -0.39 is 139 Å². The lowest BCUT2D eigenvalue weighted by atomic mass is 9.78. The summed E-state index contributed by atoms with van der Waals surface area (Å²) in [6, 6.07) is -1.25. The van der Waals surface area contributed by atoms with Crippen LogP contribution in [-0.2, 0) is 61.9 Å². The third-order valence-corrected chi connectivity index (χ3v) is 16.3. The molecule has 0 spiro atoms. The second-order valence-corrected chi connectivity index (χ2v) is 22.4. The van der Waals surface area contributed by atoms with Gasteiger partial charge in [-0.1, -0.05) is 71.1 Å². The van der Waals surface area contributed by atoms with Crippen LogP contribution in [0.25, 0.3) is 0 Å². The zero-order chi connectivity index (χ0) is 58.9. The highest BCUT2D eigenvalue weighted by Gasteiger charge is 2.53. The van der Waals surface area contributed by atoms with E-state index in [2.05, 4.69) is 0 Å². The van der Waals surface area contributed by atoms with Gasteiger partial charge in [0.15, 0.2) is 11.6 Å². The lowest BCUT2D eigenvalue weighted by Gasteiger charge is -2.42. The Labute approximate surface area is 464 Å². The number of rotatable bonds is 13. The smallest absolute Gasteiger partial charge is 0.460 e. The highest BCUT2D eigenvalue weighted by molar-refractivity contribution is 6.39. The predicted octanol–water partition coefficient (Wildman–Crippen LogP) is 3.99. The molecule has 18 atom stereocenters. The molecule has 1 saturated carbocycles. The van der Waals surface area contributed by atoms with Crippen LogP contribution in [0.2, 0.25) is 0 Å². The van der Waals surface area contributed by atoms with Crippen molar-refractivity contribution in [1.82, 2.24) is 4.90 Å². The van der Waals surface area contributed by atoms with Crippen molar-refractivity contribution in [3.63, 3.8) is 0 Å². The number of esters is 1. The summed E-state index contributed by atoms with van der Waals surface area (Å²) in [6.07, 6.45) is 1.21.